The summed E-state index contributed by atoms with van der Waals surface area (Å²) in [4.78, 5) is 4.48. The van der Waals surface area contributed by atoms with Gasteiger partial charge in [0.05, 0.1) is 0 Å². The minimum Gasteiger partial charge on any atom is -0.369 e. The van der Waals surface area contributed by atoms with E-state index in [1.54, 1.807) is 18.3 Å². The van der Waals surface area contributed by atoms with Gasteiger partial charge in [-0.2, -0.15) is 0 Å². The molecule has 1 N–H and O–H groups in total. The molecule has 0 aromatic carbocycles. The van der Waals surface area contributed by atoms with E-state index in [0.29, 0.717) is 16.6 Å². The maximum absolute atomic E-state index is 11.7. The van der Waals surface area contributed by atoms with Gasteiger partial charge in [-0.25, -0.2) is 13.4 Å². The molecular weight excluding hydrogens is 260 g/mol. The van der Waals surface area contributed by atoms with Crippen molar-refractivity contribution in [3.63, 3.8) is 0 Å². The Bertz CT molecular complexity index is 571. The van der Waals surface area contributed by atoms with E-state index in [2.05, 4.69) is 10.3 Å². The van der Waals surface area contributed by atoms with Crippen LogP contribution in [0.2, 0.25) is 0 Å². The molecule has 0 radical (unpaired) electrons. The fourth-order valence-electron chi connectivity index (χ4n) is 3.68. The van der Waals surface area contributed by atoms with Crippen LogP contribution >= 0.6 is 0 Å². The Morgan fingerprint density at radius 3 is 2.84 bits per heavy atom. The highest BCUT2D eigenvalue weighted by atomic mass is 32.2. The Labute approximate surface area is 114 Å². The van der Waals surface area contributed by atoms with E-state index in [9.17, 15) is 8.42 Å². The van der Waals surface area contributed by atoms with Crippen molar-refractivity contribution >= 4 is 15.7 Å². The predicted molar refractivity (Wildman–Crippen MR) is 74.8 cm³/mol. The van der Waals surface area contributed by atoms with Crippen molar-refractivity contribution in [1.82, 2.24) is 4.98 Å². The minimum atomic E-state index is -3.21. The summed E-state index contributed by atoms with van der Waals surface area (Å²) in [6.07, 6.45) is 8.26. The van der Waals surface area contributed by atoms with Crippen molar-refractivity contribution in [2.45, 2.75) is 30.6 Å². The summed E-state index contributed by atoms with van der Waals surface area (Å²) >= 11 is 0. The van der Waals surface area contributed by atoms with Gasteiger partial charge in [-0.05, 0) is 49.1 Å². The lowest BCUT2D eigenvalue weighted by atomic mass is 9.89. The third kappa shape index (κ3) is 2.61. The van der Waals surface area contributed by atoms with E-state index in [1.165, 1.54) is 31.9 Å². The lowest BCUT2D eigenvalue weighted by Gasteiger charge is -2.22. The number of pyridine rings is 1. The standard InChI is InChI=1S/C14H20N2O2S/c1-19(17,18)13-3-2-6-15-14(13)16-9-12-8-10-4-5-11(12)7-10/h2-3,6,10-12H,4-5,7-9H2,1H3,(H,15,16). The number of fused-ring (bicyclic) bond motifs is 2. The fraction of sp³-hybridized carbons (Fsp3) is 0.643. The molecule has 2 aliphatic carbocycles. The van der Waals surface area contributed by atoms with Crippen LogP contribution in [0.1, 0.15) is 25.7 Å². The molecule has 3 atom stereocenters. The van der Waals surface area contributed by atoms with Gasteiger partial charge in [0.15, 0.2) is 9.84 Å². The number of nitrogens with one attached hydrogen (secondary N) is 1. The fourth-order valence-corrected chi connectivity index (χ4v) is 4.48. The molecule has 2 saturated carbocycles. The maximum Gasteiger partial charge on any atom is 0.179 e. The zero-order valence-electron chi connectivity index (χ0n) is 11.2. The average molecular weight is 280 g/mol. The highest BCUT2D eigenvalue weighted by Gasteiger charge is 2.39. The summed E-state index contributed by atoms with van der Waals surface area (Å²) in [6.45, 7) is 0.848. The molecule has 2 fully saturated rings. The molecule has 0 aliphatic heterocycles. The average Bonchev–Trinajstić information content (AvgIpc) is 2.97. The third-order valence-electron chi connectivity index (χ3n) is 4.59. The lowest BCUT2D eigenvalue weighted by Crippen LogP contribution is -2.21. The van der Waals surface area contributed by atoms with E-state index in [-0.39, 0.29) is 0 Å². The lowest BCUT2D eigenvalue weighted by molar-refractivity contribution is 0.348. The highest BCUT2D eigenvalue weighted by molar-refractivity contribution is 7.90. The van der Waals surface area contributed by atoms with E-state index in [1.807, 2.05) is 0 Å². The second-order valence-corrected chi connectivity index (χ2v) is 7.92. The Morgan fingerprint density at radius 2 is 2.21 bits per heavy atom. The van der Waals surface area contributed by atoms with Gasteiger partial charge in [-0.3, -0.25) is 0 Å². The van der Waals surface area contributed by atoms with Gasteiger partial charge < -0.3 is 5.32 Å². The first-order valence-electron chi connectivity index (χ1n) is 6.93. The molecule has 2 bridgehead atoms. The molecular formula is C14H20N2O2S. The zero-order valence-corrected chi connectivity index (χ0v) is 12.0. The second kappa shape index (κ2) is 4.78. The minimum absolute atomic E-state index is 0.304. The molecule has 1 aromatic heterocycles. The van der Waals surface area contributed by atoms with Crippen molar-refractivity contribution in [3.8, 4) is 0 Å². The normalized spacial score (nSPS) is 29.6. The third-order valence-corrected chi connectivity index (χ3v) is 5.71. The Hall–Kier alpha value is -1.10. The first kappa shape index (κ1) is 12.9. The number of aromatic nitrogens is 1. The van der Waals surface area contributed by atoms with E-state index in [4.69, 9.17) is 0 Å². The smallest absolute Gasteiger partial charge is 0.179 e. The van der Waals surface area contributed by atoms with Crippen LogP contribution < -0.4 is 5.32 Å². The quantitative estimate of drug-likeness (QED) is 0.919. The van der Waals surface area contributed by atoms with Crippen molar-refractivity contribution in [1.29, 1.82) is 0 Å². The van der Waals surface area contributed by atoms with Crippen LogP contribution in [0, 0.1) is 17.8 Å². The molecule has 1 aromatic rings. The Kier molecular flexibility index (Phi) is 3.25. The molecule has 104 valence electrons. The number of nitrogens with zero attached hydrogens (tertiary/aromatic N) is 1. The van der Waals surface area contributed by atoms with Crippen LogP contribution in [0.3, 0.4) is 0 Å². The highest BCUT2D eigenvalue weighted by Crippen LogP contribution is 2.48. The Balaban J connectivity index is 1.71. The van der Waals surface area contributed by atoms with Crippen LogP contribution in [0.25, 0.3) is 0 Å². The summed E-state index contributed by atoms with van der Waals surface area (Å²) < 4.78 is 23.4. The van der Waals surface area contributed by atoms with E-state index >= 15 is 0 Å². The van der Waals surface area contributed by atoms with Gasteiger partial charge in [0.25, 0.3) is 0 Å². The van der Waals surface area contributed by atoms with Gasteiger partial charge in [0, 0.05) is 19.0 Å². The number of hydrogen-bond acceptors (Lipinski definition) is 4. The summed E-state index contributed by atoms with van der Waals surface area (Å²) in [5, 5.41) is 3.26. The van der Waals surface area contributed by atoms with Gasteiger partial charge in [-0.15, -0.1) is 0 Å². The molecule has 5 heteroatoms. The largest absolute Gasteiger partial charge is 0.369 e. The first-order valence-corrected chi connectivity index (χ1v) is 8.82. The summed E-state index contributed by atoms with van der Waals surface area (Å²) in [5.41, 5.74) is 0. The number of hydrogen-bond donors (Lipinski definition) is 1. The molecule has 19 heavy (non-hydrogen) atoms. The molecule has 0 amide bonds. The van der Waals surface area contributed by atoms with Crippen LogP contribution in [0.5, 0.6) is 0 Å². The van der Waals surface area contributed by atoms with E-state index in [0.717, 1.165) is 18.4 Å². The molecule has 4 nitrogen and oxygen atoms in total. The molecule has 1 heterocycles. The summed E-state index contributed by atoms with van der Waals surface area (Å²) in [6, 6.07) is 3.28. The topological polar surface area (TPSA) is 59.1 Å². The number of anilines is 1. The second-order valence-electron chi connectivity index (χ2n) is 5.94. The van der Waals surface area contributed by atoms with Gasteiger partial charge in [0.1, 0.15) is 10.7 Å². The van der Waals surface area contributed by atoms with Crippen molar-refractivity contribution in [2.75, 3.05) is 18.1 Å². The molecule has 3 unspecified atom stereocenters. The SMILES string of the molecule is CS(=O)(=O)c1cccnc1NCC1CC2CCC1C2. The van der Waals surface area contributed by atoms with Gasteiger partial charge in [-0.1, -0.05) is 6.42 Å². The molecule has 0 spiro atoms. The van der Waals surface area contributed by atoms with Crippen molar-refractivity contribution in [2.24, 2.45) is 17.8 Å². The number of rotatable bonds is 4. The molecule has 2 aliphatic rings. The summed E-state index contributed by atoms with van der Waals surface area (Å²) in [5.74, 6) is 2.94. The van der Waals surface area contributed by atoms with Gasteiger partial charge >= 0.3 is 0 Å². The summed E-state index contributed by atoms with van der Waals surface area (Å²) in [7, 11) is -3.21. The van der Waals surface area contributed by atoms with Crippen LogP contribution in [-0.2, 0) is 9.84 Å². The van der Waals surface area contributed by atoms with Crippen LogP contribution in [-0.4, -0.2) is 26.2 Å². The first-order chi connectivity index (χ1) is 9.04. The molecule has 0 saturated heterocycles. The maximum atomic E-state index is 11.7. The predicted octanol–water partition coefficient (Wildman–Crippen LogP) is 2.33. The Morgan fingerprint density at radius 1 is 1.37 bits per heavy atom. The van der Waals surface area contributed by atoms with Crippen LogP contribution in [0.4, 0.5) is 5.82 Å². The monoisotopic (exact) mass is 280 g/mol. The number of sulfone groups is 1. The van der Waals surface area contributed by atoms with Crippen molar-refractivity contribution < 1.29 is 8.42 Å². The van der Waals surface area contributed by atoms with Crippen molar-refractivity contribution in [3.05, 3.63) is 18.3 Å². The zero-order chi connectivity index (χ0) is 13.5. The van der Waals surface area contributed by atoms with Gasteiger partial charge in [0.2, 0.25) is 0 Å². The van der Waals surface area contributed by atoms with Crippen LogP contribution in [0.15, 0.2) is 23.2 Å². The van der Waals surface area contributed by atoms with E-state index < -0.39 is 9.84 Å². The molecule has 3 rings (SSSR count).